The molecule has 1 amide bonds. The molecule has 2 saturated heterocycles. The number of amides is 1. The van der Waals surface area contributed by atoms with Gasteiger partial charge in [0, 0.05) is 25.2 Å². The predicted molar refractivity (Wildman–Crippen MR) is 73.5 cm³/mol. The highest BCUT2D eigenvalue weighted by Crippen LogP contribution is 2.25. The fourth-order valence-corrected chi connectivity index (χ4v) is 3.39. The Labute approximate surface area is 111 Å². The topological polar surface area (TPSA) is 35.6 Å². The van der Waals surface area contributed by atoms with Crippen LogP contribution >= 0.6 is 0 Å². The lowest BCUT2D eigenvalue weighted by Crippen LogP contribution is -2.51. The van der Waals surface area contributed by atoms with Gasteiger partial charge in [0.15, 0.2) is 0 Å². The Morgan fingerprint density at radius 3 is 2.61 bits per heavy atom. The van der Waals surface area contributed by atoms with Gasteiger partial charge in [-0.15, -0.1) is 0 Å². The van der Waals surface area contributed by atoms with Gasteiger partial charge in [-0.25, -0.2) is 0 Å². The van der Waals surface area contributed by atoms with Crippen LogP contribution in [0.25, 0.3) is 0 Å². The smallest absolute Gasteiger partial charge is 0.240 e. The monoisotopic (exact) mass is 253 g/mol. The lowest BCUT2D eigenvalue weighted by Gasteiger charge is -2.40. The maximum absolute atomic E-state index is 12.4. The molecule has 0 spiro atoms. The first-order valence-corrected chi connectivity index (χ1v) is 7.24. The first-order valence-electron chi connectivity index (χ1n) is 7.24. The highest BCUT2D eigenvalue weighted by atomic mass is 16.2. The molecule has 4 heteroatoms. The number of piperidine rings is 1. The average Bonchev–Trinajstić information content (AvgIpc) is 2.60. The molecular weight excluding hydrogens is 226 g/mol. The SMILES string of the molecule is CC(C)NC1CCN(C2CCN(C)CC2C)C1=O. The molecule has 0 radical (unpaired) electrons. The van der Waals surface area contributed by atoms with Gasteiger partial charge in [0.2, 0.25) is 5.91 Å². The van der Waals surface area contributed by atoms with Crippen LogP contribution in [0.15, 0.2) is 0 Å². The van der Waals surface area contributed by atoms with Gasteiger partial charge in [-0.05, 0) is 32.4 Å². The van der Waals surface area contributed by atoms with Crippen LogP contribution in [-0.2, 0) is 4.79 Å². The molecule has 104 valence electrons. The summed E-state index contributed by atoms with van der Waals surface area (Å²) in [6.45, 7) is 9.64. The maximum Gasteiger partial charge on any atom is 0.240 e. The molecule has 4 nitrogen and oxygen atoms in total. The van der Waals surface area contributed by atoms with E-state index in [1.54, 1.807) is 0 Å². The summed E-state index contributed by atoms with van der Waals surface area (Å²) >= 11 is 0. The van der Waals surface area contributed by atoms with E-state index in [-0.39, 0.29) is 6.04 Å². The average molecular weight is 253 g/mol. The van der Waals surface area contributed by atoms with Gasteiger partial charge in [0.25, 0.3) is 0 Å². The lowest BCUT2D eigenvalue weighted by molar-refractivity contribution is -0.133. The molecule has 2 aliphatic rings. The Morgan fingerprint density at radius 1 is 1.28 bits per heavy atom. The van der Waals surface area contributed by atoms with Gasteiger partial charge in [-0.2, -0.15) is 0 Å². The van der Waals surface area contributed by atoms with Crippen LogP contribution in [-0.4, -0.2) is 60.5 Å². The molecule has 2 aliphatic heterocycles. The number of nitrogens with zero attached hydrogens (tertiary/aromatic N) is 2. The number of nitrogens with one attached hydrogen (secondary N) is 1. The molecule has 1 N–H and O–H groups in total. The Bertz CT molecular complexity index is 305. The molecule has 0 aromatic rings. The minimum absolute atomic E-state index is 0.0526. The number of rotatable bonds is 3. The van der Waals surface area contributed by atoms with Crippen molar-refractivity contribution in [1.29, 1.82) is 0 Å². The normalized spacial score (nSPS) is 34.6. The number of carbonyl (C=O) groups excluding carboxylic acids is 1. The lowest BCUT2D eigenvalue weighted by atomic mass is 9.93. The third kappa shape index (κ3) is 2.86. The summed E-state index contributed by atoms with van der Waals surface area (Å²) in [4.78, 5) is 16.9. The molecule has 2 fully saturated rings. The minimum Gasteiger partial charge on any atom is -0.338 e. The summed E-state index contributed by atoms with van der Waals surface area (Å²) in [7, 11) is 2.17. The molecule has 2 rings (SSSR count). The molecule has 3 unspecified atom stereocenters. The maximum atomic E-state index is 12.4. The van der Waals surface area contributed by atoms with Crippen LogP contribution in [0.2, 0.25) is 0 Å². The van der Waals surface area contributed by atoms with E-state index in [4.69, 9.17) is 0 Å². The number of carbonyl (C=O) groups is 1. The summed E-state index contributed by atoms with van der Waals surface area (Å²) in [5.74, 6) is 0.913. The Balaban J connectivity index is 1.96. The zero-order valence-corrected chi connectivity index (χ0v) is 12.1. The molecule has 0 aliphatic carbocycles. The zero-order valence-electron chi connectivity index (χ0n) is 12.1. The quantitative estimate of drug-likeness (QED) is 0.812. The van der Waals surface area contributed by atoms with Crippen molar-refractivity contribution < 1.29 is 4.79 Å². The molecule has 0 aromatic heterocycles. The second-order valence-corrected chi connectivity index (χ2v) is 6.29. The first kappa shape index (κ1) is 13.8. The summed E-state index contributed by atoms with van der Waals surface area (Å²) in [5, 5.41) is 3.38. The largest absolute Gasteiger partial charge is 0.338 e. The van der Waals surface area contributed by atoms with Crippen molar-refractivity contribution in [2.24, 2.45) is 5.92 Å². The van der Waals surface area contributed by atoms with Gasteiger partial charge in [-0.3, -0.25) is 4.79 Å². The highest BCUT2D eigenvalue weighted by molar-refractivity contribution is 5.84. The molecule has 2 heterocycles. The van der Waals surface area contributed by atoms with Crippen molar-refractivity contribution in [2.75, 3.05) is 26.7 Å². The van der Waals surface area contributed by atoms with E-state index in [0.29, 0.717) is 23.9 Å². The van der Waals surface area contributed by atoms with Crippen LogP contribution in [0, 0.1) is 5.92 Å². The Kier molecular flexibility index (Phi) is 4.28. The third-order valence-electron chi connectivity index (χ3n) is 4.24. The van der Waals surface area contributed by atoms with E-state index in [2.05, 4.69) is 42.9 Å². The number of likely N-dealkylation sites (tertiary alicyclic amines) is 2. The van der Waals surface area contributed by atoms with E-state index in [0.717, 1.165) is 32.5 Å². The van der Waals surface area contributed by atoms with E-state index in [1.165, 1.54) is 0 Å². The zero-order chi connectivity index (χ0) is 13.3. The van der Waals surface area contributed by atoms with Crippen molar-refractivity contribution in [1.82, 2.24) is 15.1 Å². The fourth-order valence-electron chi connectivity index (χ4n) is 3.39. The summed E-state index contributed by atoms with van der Waals surface area (Å²) < 4.78 is 0. The molecular formula is C14H27N3O. The van der Waals surface area contributed by atoms with E-state index >= 15 is 0 Å². The summed E-state index contributed by atoms with van der Waals surface area (Å²) in [6.07, 6.45) is 2.09. The fraction of sp³-hybridized carbons (Fsp3) is 0.929. The summed E-state index contributed by atoms with van der Waals surface area (Å²) in [5.41, 5.74) is 0. The second-order valence-electron chi connectivity index (χ2n) is 6.29. The van der Waals surface area contributed by atoms with Crippen LogP contribution in [0.1, 0.15) is 33.6 Å². The van der Waals surface area contributed by atoms with Gasteiger partial charge in [0.1, 0.15) is 0 Å². The van der Waals surface area contributed by atoms with Crippen LogP contribution in [0.5, 0.6) is 0 Å². The standard InChI is InChI=1S/C14H27N3O/c1-10(2)15-12-5-8-17(14(12)18)13-6-7-16(4)9-11(13)3/h10-13,15H,5-9H2,1-4H3. The van der Waals surface area contributed by atoms with Crippen molar-refractivity contribution in [3.8, 4) is 0 Å². The van der Waals surface area contributed by atoms with E-state index in [9.17, 15) is 4.79 Å². The molecule has 0 saturated carbocycles. The second kappa shape index (κ2) is 5.57. The van der Waals surface area contributed by atoms with Gasteiger partial charge >= 0.3 is 0 Å². The predicted octanol–water partition coefficient (Wildman–Crippen LogP) is 0.925. The Hall–Kier alpha value is -0.610. The van der Waals surface area contributed by atoms with Crippen molar-refractivity contribution >= 4 is 5.91 Å². The Morgan fingerprint density at radius 2 is 2.00 bits per heavy atom. The van der Waals surface area contributed by atoms with E-state index < -0.39 is 0 Å². The van der Waals surface area contributed by atoms with Crippen molar-refractivity contribution in [3.63, 3.8) is 0 Å². The van der Waals surface area contributed by atoms with Crippen molar-refractivity contribution in [2.45, 2.75) is 51.7 Å². The summed E-state index contributed by atoms with van der Waals surface area (Å²) in [6, 6.07) is 0.887. The van der Waals surface area contributed by atoms with Crippen molar-refractivity contribution in [3.05, 3.63) is 0 Å². The first-order chi connectivity index (χ1) is 8.49. The molecule has 0 aromatic carbocycles. The van der Waals surface area contributed by atoms with Crippen LogP contribution < -0.4 is 5.32 Å². The minimum atomic E-state index is 0.0526. The third-order valence-corrected chi connectivity index (χ3v) is 4.24. The van der Waals surface area contributed by atoms with Gasteiger partial charge in [0.05, 0.1) is 6.04 Å². The highest BCUT2D eigenvalue weighted by Gasteiger charge is 2.39. The van der Waals surface area contributed by atoms with Crippen LogP contribution in [0.4, 0.5) is 0 Å². The molecule has 0 bridgehead atoms. The van der Waals surface area contributed by atoms with E-state index in [1.807, 2.05) is 0 Å². The number of hydrogen-bond acceptors (Lipinski definition) is 3. The van der Waals surface area contributed by atoms with Gasteiger partial charge in [-0.1, -0.05) is 20.8 Å². The molecule has 18 heavy (non-hydrogen) atoms. The molecule has 3 atom stereocenters. The van der Waals surface area contributed by atoms with Crippen LogP contribution in [0.3, 0.4) is 0 Å². The number of hydrogen-bond donors (Lipinski definition) is 1. The van der Waals surface area contributed by atoms with Gasteiger partial charge < -0.3 is 15.1 Å².